The quantitative estimate of drug-likeness (QED) is 0.0844. The second kappa shape index (κ2) is 21.0. The van der Waals surface area contributed by atoms with E-state index < -0.39 is 42.4 Å². The molecule has 0 aromatic heterocycles. The Morgan fingerprint density at radius 1 is 0.917 bits per heavy atom. The number of phenolic OH excluding ortho intramolecular Hbond substituents is 1. The second-order valence-electron chi connectivity index (χ2n) is 11.7. The lowest BCUT2D eigenvalue weighted by Gasteiger charge is -2.22. The third kappa shape index (κ3) is 13.6. The number of hydrogen-bond acceptors (Lipinski definition) is 9. The Balaban J connectivity index is 2.02. The van der Waals surface area contributed by atoms with E-state index in [1.54, 1.807) is 13.0 Å². The molecule has 0 saturated heterocycles. The van der Waals surface area contributed by atoms with Gasteiger partial charge in [-0.1, -0.05) is 36.8 Å². The first-order chi connectivity index (χ1) is 23.4. The summed E-state index contributed by atoms with van der Waals surface area (Å²) in [6.45, 7) is 5.41. The summed E-state index contributed by atoms with van der Waals surface area (Å²) in [6, 6.07) is 8.03. The van der Waals surface area contributed by atoms with Gasteiger partial charge in [0, 0.05) is 19.4 Å². The van der Waals surface area contributed by atoms with Gasteiger partial charge >= 0.3 is 5.97 Å². The molecule has 0 aliphatic carbocycles. The predicted molar refractivity (Wildman–Crippen MR) is 188 cm³/mol. The molecule has 3 atom stereocenters. The Labute approximate surface area is 289 Å². The second-order valence-corrected chi connectivity index (χ2v) is 12.7. The molecule has 2 aromatic carbocycles. The number of esters is 1. The summed E-state index contributed by atoms with van der Waals surface area (Å²) in [5, 5.41) is 21.0. The first kappa shape index (κ1) is 38.3. The number of methoxy groups -OCH3 is 1. The van der Waals surface area contributed by atoms with Crippen molar-refractivity contribution in [2.75, 3.05) is 32.2 Å². The van der Waals surface area contributed by atoms with Crippen LogP contribution in [0, 0.1) is 20.8 Å². The van der Waals surface area contributed by atoms with Crippen molar-refractivity contribution in [2.45, 2.75) is 83.8 Å². The highest BCUT2D eigenvalue weighted by atomic mass is 32.2. The van der Waals surface area contributed by atoms with Gasteiger partial charge in [-0.2, -0.15) is 11.8 Å². The number of hydrogen-bond donors (Lipinski definition) is 6. The number of thioether (sulfide) groups is 1. The molecule has 0 aliphatic heterocycles. The Morgan fingerprint density at radius 2 is 1.62 bits per heavy atom. The number of carbonyl (C=O) groups excluding carboxylic acids is 5. The number of nitrogens with one attached hydrogen (secondary N) is 4. The van der Waals surface area contributed by atoms with Gasteiger partial charge in [-0.25, -0.2) is 0 Å². The van der Waals surface area contributed by atoms with Crippen molar-refractivity contribution < 1.29 is 35.2 Å². The Bertz CT molecular complexity index is 1410. The lowest BCUT2D eigenvalue weighted by atomic mass is 9.92. The van der Waals surface area contributed by atoms with Crippen LogP contribution in [0.1, 0.15) is 59.9 Å². The fourth-order valence-corrected chi connectivity index (χ4v) is 5.58. The molecule has 0 aliphatic rings. The van der Waals surface area contributed by atoms with Crippen LogP contribution in [0.2, 0.25) is 1.41 Å². The standard InChI is InChI=1S/C35H51N5O7S/c1-22-18-30(41)24(3)23(2)26(22)20-27(36)33(44)40-28(15-17-48-5)34(45)38-21-31(42)39-29(19-25-12-8-6-9-13-25)35(46)37-16-11-7-10-14-32(43)47-4/h6,8-9,12-13,18,27-29,41H,7,10-11,14-17,19-21,36H2,1-5H3,(H,37,46)(H,38,45)(H,39,42)(H,40,44)/t27-,28-,29-/m0/s1/i/hD. The van der Waals surface area contributed by atoms with E-state index in [-0.39, 0.29) is 30.5 Å². The molecule has 0 heterocycles. The molecular weight excluding hydrogens is 634 g/mol. The van der Waals surface area contributed by atoms with Crippen LogP contribution in [0.3, 0.4) is 0 Å². The van der Waals surface area contributed by atoms with Gasteiger partial charge in [0.1, 0.15) is 19.2 Å². The fraction of sp³-hybridized carbons (Fsp3) is 0.514. The van der Waals surface area contributed by atoms with E-state index in [2.05, 4.69) is 31.7 Å². The van der Waals surface area contributed by atoms with Crippen molar-refractivity contribution in [1.29, 1.82) is 0 Å². The molecule has 7 N–H and O–H groups in total. The molecular formula is C35H51N5O7S. The number of ether oxygens (including phenoxy) is 1. The molecule has 2 rings (SSSR count). The van der Waals surface area contributed by atoms with Crippen LogP contribution in [0.25, 0.3) is 0 Å². The molecule has 0 fully saturated rings. The minimum atomic E-state index is -0.973. The summed E-state index contributed by atoms with van der Waals surface area (Å²) in [4.78, 5) is 63.9. The van der Waals surface area contributed by atoms with Crippen LogP contribution in [-0.4, -0.2) is 85.0 Å². The van der Waals surface area contributed by atoms with Crippen LogP contribution < -0.4 is 27.0 Å². The third-order valence-electron chi connectivity index (χ3n) is 8.14. The lowest BCUT2D eigenvalue weighted by molar-refractivity contribution is -0.140. The summed E-state index contributed by atoms with van der Waals surface area (Å²) >= 11 is 1.50. The molecule has 0 spiro atoms. The molecule has 48 heavy (non-hydrogen) atoms. The maximum Gasteiger partial charge on any atom is 0.305 e. The zero-order valence-electron chi connectivity index (χ0n) is 29.6. The number of phenols is 1. The molecule has 0 bridgehead atoms. The fourth-order valence-electron chi connectivity index (χ4n) is 5.11. The van der Waals surface area contributed by atoms with Crippen LogP contribution >= 0.6 is 11.8 Å². The minimum absolute atomic E-state index is 0.160. The first-order valence-corrected chi connectivity index (χ1v) is 17.5. The minimum Gasteiger partial charge on any atom is -0.508 e. The van der Waals surface area contributed by atoms with E-state index in [4.69, 9.17) is 1.41 Å². The van der Waals surface area contributed by atoms with E-state index in [1.807, 2.05) is 50.4 Å². The third-order valence-corrected chi connectivity index (χ3v) is 8.78. The van der Waals surface area contributed by atoms with E-state index in [9.17, 15) is 29.1 Å². The summed E-state index contributed by atoms with van der Waals surface area (Å²) in [5.41, 5.74) is 6.25. The van der Waals surface area contributed by atoms with E-state index >= 15 is 0 Å². The predicted octanol–water partition coefficient (Wildman–Crippen LogP) is 2.12. The molecule has 12 nitrogen and oxygen atoms in total. The lowest BCUT2D eigenvalue weighted by Crippen LogP contribution is -2.54. The van der Waals surface area contributed by atoms with Gasteiger partial charge in [0.2, 0.25) is 23.6 Å². The van der Waals surface area contributed by atoms with Crippen molar-refractivity contribution >= 4 is 41.4 Å². The molecule has 264 valence electrons. The van der Waals surface area contributed by atoms with Gasteiger partial charge in [0.15, 0.2) is 0 Å². The van der Waals surface area contributed by atoms with Crippen LogP contribution in [-0.2, 0) is 41.6 Å². The summed E-state index contributed by atoms with van der Waals surface area (Å²) < 4.78 is 12.4. The highest BCUT2D eigenvalue weighted by Crippen LogP contribution is 2.27. The summed E-state index contributed by atoms with van der Waals surface area (Å²) in [6.07, 6.45) is 4.90. The highest BCUT2D eigenvalue weighted by molar-refractivity contribution is 7.98. The molecule has 0 saturated carbocycles. The van der Waals surface area contributed by atoms with Gasteiger partial charge in [-0.3, -0.25) is 24.0 Å². The van der Waals surface area contributed by atoms with Crippen molar-refractivity contribution in [2.24, 2.45) is 5.73 Å². The zero-order valence-corrected chi connectivity index (χ0v) is 29.4. The van der Waals surface area contributed by atoms with Crippen LogP contribution in [0.5, 0.6) is 5.75 Å². The maximum atomic E-state index is 13.3. The van der Waals surface area contributed by atoms with Crippen molar-refractivity contribution in [1.82, 2.24) is 21.3 Å². The van der Waals surface area contributed by atoms with Gasteiger partial charge in [0.25, 0.3) is 0 Å². The first-order valence-electron chi connectivity index (χ1n) is 16.6. The van der Waals surface area contributed by atoms with Crippen LogP contribution in [0.4, 0.5) is 0 Å². The Hall–Kier alpha value is -4.10. The average Bonchev–Trinajstić information content (AvgIpc) is 3.09. The van der Waals surface area contributed by atoms with Gasteiger partial charge < -0.3 is 36.8 Å². The SMILES string of the molecule is [2H]N[C@@H](Cc1c(C)cc(O)c(C)c1C)C(=O)N[C@@H](CCSC)C(=O)NCC(=O)N[C@@H](Cc1ccccc1)C(=O)NCCCCCC(=O)OC. The number of aryl methyl sites for hydroxylation is 1. The van der Waals surface area contributed by atoms with Gasteiger partial charge in [0.05, 0.1) is 19.7 Å². The number of amides is 4. The van der Waals surface area contributed by atoms with Crippen molar-refractivity contribution in [3.8, 4) is 5.75 Å². The number of rotatable bonds is 21. The largest absolute Gasteiger partial charge is 0.508 e. The Morgan fingerprint density at radius 3 is 2.29 bits per heavy atom. The van der Waals surface area contributed by atoms with E-state index in [0.717, 1.165) is 28.7 Å². The van der Waals surface area contributed by atoms with Crippen LogP contribution in [0.15, 0.2) is 36.4 Å². The number of aromatic hydroxyl groups is 1. The average molecular weight is 687 g/mol. The highest BCUT2D eigenvalue weighted by Gasteiger charge is 2.26. The molecule has 13 heteroatoms. The molecule has 4 amide bonds. The number of unbranched alkanes of at least 4 members (excludes halogenated alkanes) is 2. The van der Waals surface area contributed by atoms with E-state index in [1.165, 1.54) is 18.9 Å². The van der Waals surface area contributed by atoms with Crippen molar-refractivity contribution in [3.05, 3.63) is 64.2 Å². The van der Waals surface area contributed by atoms with Gasteiger partial charge in [-0.05, 0) is 92.3 Å². The smallest absolute Gasteiger partial charge is 0.305 e. The monoisotopic (exact) mass is 686 g/mol. The topological polar surface area (TPSA) is 189 Å². The Kier molecular flexibility index (Phi) is 16.8. The molecule has 0 unspecified atom stereocenters. The number of carbonyl (C=O) groups is 5. The van der Waals surface area contributed by atoms with Gasteiger partial charge in [-0.15, -0.1) is 0 Å². The molecule has 2 aromatic rings. The summed E-state index contributed by atoms with van der Waals surface area (Å²) in [5.74, 6) is -1.62. The number of benzene rings is 2. The van der Waals surface area contributed by atoms with Crippen molar-refractivity contribution in [3.63, 3.8) is 0 Å². The molecule has 0 radical (unpaired) electrons. The summed E-state index contributed by atoms with van der Waals surface area (Å²) in [7, 11) is 1.34. The maximum absolute atomic E-state index is 13.3. The normalized spacial score (nSPS) is 13.0. The number of nitrogens with two attached hydrogens (primary N) is 1. The zero-order chi connectivity index (χ0) is 36.3. The van der Waals surface area contributed by atoms with E-state index in [0.29, 0.717) is 43.5 Å².